The highest BCUT2D eigenvalue weighted by Gasteiger charge is 1.88. The van der Waals surface area contributed by atoms with Gasteiger partial charge in [0.2, 0.25) is 0 Å². The largest absolute Gasteiger partial charge is 0.317 e. The molecule has 0 aromatic heterocycles. The minimum Gasteiger partial charge on any atom is -0.317 e. The highest BCUT2D eigenvalue weighted by Crippen LogP contribution is 1.85. The fourth-order valence-electron chi connectivity index (χ4n) is 0.0772. The molecule has 0 aliphatic rings. The van der Waals surface area contributed by atoms with E-state index in [1.54, 1.807) is 0 Å². The Bertz CT molecular complexity index is 26.7. The third-order valence-electron chi connectivity index (χ3n) is 0.724. The number of rotatable bonds is 2. The van der Waals surface area contributed by atoms with Crippen molar-refractivity contribution in [2.45, 2.75) is 13.0 Å². The lowest BCUT2D eigenvalue weighted by molar-refractivity contribution is 0.685. The molecule has 6 heavy (non-hydrogen) atoms. The predicted octanol–water partition coefficient (Wildman–Crippen LogP) is 1.03. The minimum atomic E-state index is 0.672. The van der Waals surface area contributed by atoms with E-state index in [0.717, 1.165) is 0 Å². The van der Waals surface area contributed by atoms with Crippen molar-refractivity contribution in [3.8, 4) is 0 Å². The Morgan fingerprint density at radius 3 is 2.33 bits per heavy atom. The zero-order valence-corrected chi connectivity index (χ0v) is 6.32. The molecule has 0 amide bonds. The monoisotopic (exact) mass is 199 g/mol. The summed E-state index contributed by atoms with van der Waals surface area (Å²) in [6.07, 6.45) is 0. The summed E-state index contributed by atoms with van der Waals surface area (Å²) in [4.78, 5) is 0. The molecular weight excluding hydrogens is 189 g/mol. The van der Waals surface area contributed by atoms with Crippen molar-refractivity contribution in [3.63, 3.8) is 0 Å². The topological polar surface area (TPSA) is 12.0 Å². The van der Waals surface area contributed by atoms with Crippen molar-refractivity contribution in [3.05, 3.63) is 0 Å². The Hall–Kier alpha value is 0.690. The molecule has 0 rings (SSSR count). The van der Waals surface area contributed by atoms with Crippen LogP contribution in [0, 0.1) is 0 Å². The molecule has 0 aromatic rings. The van der Waals surface area contributed by atoms with E-state index < -0.39 is 0 Å². The predicted molar refractivity (Wildman–Crippen MR) is 37.4 cm³/mol. The maximum atomic E-state index is 3.11. The molecule has 0 aromatic carbocycles. The molecule has 0 saturated heterocycles. The first-order chi connectivity index (χ1) is 2.81. The second-order valence-corrected chi connectivity index (χ2v) is 2.22. The standard InChI is InChI=1S/C4H10IN/c1-4(3-5)6-2/h4,6H,3H2,1-2H3. The van der Waals surface area contributed by atoms with Gasteiger partial charge in [0.15, 0.2) is 0 Å². The molecule has 0 saturated carbocycles. The van der Waals surface area contributed by atoms with Gasteiger partial charge in [0.1, 0.15) is 0 Å². The molecule has 0 radical (unpaired) electrons. The fraction of sp³-hybridized carbons (Fsp3) is 1.00. The quantitative estimate of drug-likeness (QED) is 0.517. The van der Waals surface area contributed by atoms with Gasteiger partial charge in [0, 0.05) is 10.5 Å². The second-order valence-electron chi connectivity index (χ2n) is 1.34. The van der Waals surface area contributed by atoms with E-state index in [9.17, 15) is 0 Å². The maximum absolute atomic E-state index is 3.11. The van der Waals surface area contributed by atoms with Crippen LogP contribution in [-0.4, -0.2) is 17.5 Å². The number of hydrogen-bond acceptors (Lipinski definition) is 1. The van der Waals surface area contributed by atoms with E-state index in [4.69, 9.17) is 0 Å². The van der Waals surface area contributed by atoms with Gasteiger partial charge < -0.3 is 5.32 Å². The summed E-state index contributed by atoms with van der Waals surface area (Å²) in [6.45, 7) is 2.16. The summed E-state index contributed by atoms with van der Waals surface area (Å²) >= 11 is 2.35. The minimum absolute atomic E-state index is 0.672. The van der Waals surface area contributed by atoms with Crippen LogP contribution >= 0.6 is 22.6 Å². The van der Waals surface area contributed by atoms with Crippen LogP contribution < -0.4 is 5.32 Å². The third-order valence-corrected chi connectivity index (χ3v) is 2.05. The zero-order valence-electron chi connectivity index (χ0n) is 4.16. The van der Waals surface area contributed by atoms with Crippen LogP contribution in [0.15, 0.2) is 0 Å². The highest BCUT2D eigenvalue weighted by molar-refractivity contribution is 14.1. The van der Waals surface area contributed by atoms with Crippen LogP contribution in [0.2, 0.25) is 0 Å². The summed E-state index contributed by atoms with van der Waals surface area (Å²) in [5.41, 5.74) is 0. The maximum Gasteiger partial charge on any atom is 0.0147 e. The van der Waals surface area contributed by atoms with E-state index in [1.807, 2.05) is 7.05 Å². The molecule has 0 bridgehead atoms. The number of halogens is 1. The molecule has 0 aliphatic carbocycles. The molecule has 1 atom stereocenters. The number of alkyl halides is 1. The summed E-state index contributed by atoms with van der Waals surface area (Å²) in [5.74, 6) is 0. The van der Waals surface area contributed by atoms with Crippen molar-refractivity contribution >= 4 is 22.6 Å². The number of hydrogen-bond donors (Lipinski definition) is 1. The average molecular weight is 199 g/mol. The van der Waals surface area contributed by atoms with Crippen molar-refractivity contribution < 1.29 is 0 Å². The van der Waals surface area contributed by atoms with Gasteiger partial charge in [-0.1, -0.05) is 22.6 Å². The fourth-order valence-corrected chi connectivity index (χ4v) is 0.518. The van der Waals surface area contributed by atoms with E-state index in [2.05, 4.69) is 34.8 Å². The van der Waals surface area contributed by atoms with Gasteiger partial charge in [-0.2, -0.15) is 0 Å². The molecule has 2 heteroatoms. The Morgan fingerprint density at radius 2 is 2.33 bits per heavy atom. The Kier molecular flexibility index (Phi) is 4.31. The molecule has 1 N–H and O–H groups in total. The molecule has 0 heterocycles. The molecule has 0 aliphatic heterocycles. The van der Waals surface area contributed by atoms with E-state index in [1.165, 1.54) is 4.43 Å². The zero-order chi connectivity index (χ0) is 4.99. The van der Waals surface area contributed by atoms with E-state index in [-0.39, 0.29) is 0 Å². The van der Waals surface area contributed by atoms with Crippen molar-refractivity contribution in [2.75, 3.05) is 11.5 Å². The first-order valence-electron chi connectivity index (χ1n) is 2.04. The second kappa shape index (κ2) is 3.87. The van der Waals surface area contributed by atoms with Crippen LogP contribution in [0.4, 0.5) is 0 Å². The highest BCUT2D eigenvalue weighted by atomic mass is 127. The van der Waals surface area contributed by atoms with Crippen LogP contribution in [-0.2, 0) is 0 Å². The smallest absolute Gasteiger partial charge is 0.0147 e. The third kappa shape index (κ3) is 2.90. The van der Waals surface area contributed by atoms with E-state index in [0.29, 0.717) is 6.04 Å². The first kappa shape index (κ1) is 6.69. The lowest BCUT2D eigenvalue weighted by Crippen LogP contribution is -2.21. The first-order valence-corrected chi connectivity index (χ1v) is 3.57. The summed E-state index contributed by atoms with van der Waals surface area (Å²) < 4.78 is 1.19. The van der Waals surface area contributed by atoms with Gasteiger partial charge in [0.25, 0.3) is 0 Å². The van der Waals surface area contributed by atoms with Gasteiger partial charge in [-0.25, -0.2) is 0 Å². The van der Waals surface area contributed by atoms with Crippen LogP contribution in [0.25, 0.3) is 0 Å². The average Bonchev–Trinajstić information content (AvgIpc) is 1.65. The molecule has 38 valence electrons. The van der Waals surface area contributed by atoms with Gasteiger partial charge in [0.05, 0.1) is 0 Å². The van der Waals surface area contributed by atoms with Crippen LogP contribution in [0.5, 0.6) is 0 Å². The summed E-state index contributed by atoms with van der Waals surface area (Å²) in [5, 5.41) is 3.11. The SMILES string of the molecule is CNC(C)CI. The van der Waals surface area contributed by atoms with Crippen LogP contribution in [0.1, 0.15) is 6.92 Å². The Labute approximate surface area is 52.6 Å². The van der Waals surface area contributed by atoms with E-state index >= 15 is 0 Å². The lowest BCUT2D eigenvalue weighted by atomic mass is 10.4. The molecule has 0 spiro atoms. The van der Waals surface area contributed by atoms with Crippen molar-refractivity contribution in [2.24, 2.45) is 0 Å². The summed E-state index contributed by atoms with van der Waals surface area (Å²) in [6, 6.07) is 0.672. The normalized spacial score (nSPS) is 14.5. The van der Waals surface area contributed by atoms with Gasteiger partial charge in [-0.3, -0.25) is 0 Å². The van der Waals surface area contributed by atoms with Gasteiger partial charge >= 0.3 is 0 Å². The Balaban J connectivity index is 2.75. The Morgan fingerprint density at radius 1 is 1.83 bits per heavy atom. The van der Waals surface area contributed by atoms with Gasteiger partial charge in [-0.15, -0.1) is 0 Å². The molecular formula is C4H10IN. The molecule has 1 unspecified atom stereocenters. The van der Waals surface area contributed by atoms with Crippen molar-refractivity contribution in [1.82, 2.24) is 5.32 Å². The summed E-state index contributed by atoms with van der Waals surface area (Å²) in [7, 11) is 1.98. The van der Waals surface area contributed by atoms with Crippen LogP contribution in [0.3, 0.4) is 0 Å². The number of nitrogens with one attached hydrogen (secondary N) is 1. The lowest BCUT2D eigenvalue weighted by Gasteiger charge is -2.01. The van der Waals surface area contributed by atoms with Crippen molar-refractivity contribution in [1.29, 1.82) is 0 Å². The van der Waals surface area contributed by atoms with Gasteiger partial charge in [-0.05, 0) is 14.0 Å². The molecule has 0 fully saturated rings. The molecule has 1 nitrogen and oxygen atoms in total.